The number of aromatic nitrogens is 2. The standard InChI is InChI=1S/C19H18ClN3O2/c1-2-3-11-23-19(25)16-10-5-4-9-15(16)17(22-23)18(24)21-14-8-6-7-13(20)12-14/h4-10,12H,2-3,11H2,1H3,(H,21,24). The molecule has 0 spiro atoms. The topological polar surface area (TPSA) is 64.0 Å². The van der Waals surface area contributed by atoms with Crippen LogP contribution in [0.25, 0.3) is 10.8 Å². The number of benzene rings is 2. The molecule has 0 unspecified atom stereocenters. The first kappa shape index (κ1) is 17.2. The molecule has 0 saturated carbocycles. The normalized spacial score (nSPS) is 10.8. The number of hydrogen-bond donors (Lipinski definition) is 1. The molecule has 5 nitrogen and oxygen atoms in total. The van der Waals surface area contributed by atoms with Crippen molar-refractivity contribution in [1.82, 2.24) is 9.78 Å². The molecule has 0 fully saturated rings. The van der Waals surface area contributed by atoms with E-state index in [4.69, 9.17) is 11.6 Å². The van der Waals surface area contributed by atoms with Gasteiger partial charge in [-0.2, -0.15) is 5.10 Å². The molecule has 2 aromatic carbocycles. The van der Waals surface area contributed by atoms with E-state index in [-0.39, 0.29) is 17.2 Å². The van der Waals surface area contributed by atoms with Crippen LogP contribution in [0.1, 0.15) is 30.3 Å². The Hall–Kier alpha value is -2.66. The van der Waals surface area contributed by atoms with Crippen molar-refractivity contribution < 1.29 is 4.79 Å². The predicted molar refractivity (Wildman–Crippen MR) is 100 cm³/mol. The minimum absolute atomic E-state index is 0.177. The van der Waals surface area contributed by atoms with Gasteiger partial charge in [0.05, 0.1) is 5.39 Å². The zero-order valence-corrected chi connectivity index (χ0v) is 14.6. The Labute approximate surface area is 150 Å². The van der Waals surface area contributed by atoms with Crippen molar-refractivity contribution in [3.63, 3.8) is 0 Å². The lowest BCUT2D eigenvalue weighted by Gasteiger charge is -2.11. The fraction of sp³-hybridized carbons (Fsp3) is 0.211. The van der Waals surface area contributed by atoms with Crippen LogP contribution in [-0.4, -0.2) is 15.7 Å². The molecule has 3 rings (SSSR count). The third-order valence-electron chi connectivity index (χ3n) is 3.89. The monoisotopic (exact) mass is 355 g/mol. The number of amides is 1. The fourth-order valence-corrected chi connectivity index (χ4v) is 2.81. The van der Waals surface area contributed by atoms with Gasteiger partial charge in [-0.3, -0.25) is 9.59 Å². The molecule has 0 radical (unpaired) electrons. The summed E-state index contributed by atoms with van der Waals surface area (Å²) in [6.07, 6.45) is 1.76. The number of unbranched alkanes of at least 4 members (excludes halogenated alkanes) is 1. The van der Waals surface area contributed by atoms with E-state index in [2.05, 4.69) is 10.4 Å². The second-order valence-electron chi connectivity index (χ2n) is 5.74. The van der Waals surface area contributed by atoms with Gasteiger partial charge < -0.3 is 5.32 Å². The van der Waals surface area contributed by atoms with Crippen molar-refractivity contribution in [2.75, 3.05) is 5.32 Å². The van der Waals surface area contributed by atoms with Crippen LogP contribution in [0.5, 0.6) is 0 Å². The Kier molecular flexibility index (Phi) is 5.14. The lowest BCUT2D eigenvalue weighted by atomic mass is 10.1. The summed E-state index contributed by atoms with van der Waals surface area (Å²) in [6, 6.07) is 13.9. The van der Waals surface area contributed by atoms with E-state index in [1.807, 2.05) is 6.92 Å². The molecule has 1 N–H and O–H groups in total. The van der Waals surface area contributed by atoms with Crippen LogP contribution < -0.4 is 10.9 Å². The van der Waals surface area contributed by atoms with E-state index in [9.17, 15) is 9.59 Å². The van der Waals surface area contributed by atoms with Gasteiger partial charge in [0.15, 0.2) is 5.69 Å². The Morgan fingerprint density at radius 3 is 2.64 bits per heavy atom. The third-order valence-corrected chi connectivity index (χ3v) is 4.12. The smallest absolute Gasteiger partial charge is 0.276 e. The van der Waals surface area contributed by atoms with E-state index >= 15 is 0 Å². The van der Waals surface area contributed by atoms with Crippen LogP contribution in [-0.2, 0) is 6.54 Å². The van der Waals surface area contributed by atoms with E-state index in [0.29, 0.717) is 28.0 Å². The summed E-state index contributed by atoms with van der Waals surface area (Å²) in [5.74, 6) is -0.372. The quantitative estimate of drug-likeness (QED) is 0.749. The summed E-state index contributed by atoms with van der Waals surface area (Å²) >= 11 is 5.96. The van der Waals surface area contributed by atoms with Crippen LogP contribution >= 0.6 is 11.6 Å². The molecular weight excluding hydrogens is 338 g/mol. The minimum atomic E-state index is -0.372. The lowest BCUT2D eigenvalue weighted by molar-refractivity contribution is 0.102. The average Bonchev–Trinajstić information content (AvgIpc) is 2.61. The van der Waals surface area contributed by atoms with Gasteiger partial charge in [-0.25, -0.2) is 4.68 Å². The second-order valence-corrected chi connectivity index (χ2v) is 6.18. The lowest BCUT2D eigenvalue weighted by Crippen LogP contribution is -2.27. The van der Waals surface area contributed by atoms with Crippen LogP contribution in [0.4, 0.5) is 5.69 Å². The molecule has 25 heavy (non-hydrogen) atoms. The molecule has 1 heterocycles. The van der Waals surface area contributed by atoms with Crippen LogP contribution in [0.2, 0.25) is 5.02 Å². The van der Waals surface area contributed by atoms with Gasteiger partial charge in [0.25, 0.3) is 11.5 Å². The number of anilines is 1. The van der Waals surface area contributed by atoms with Gasteiger partial charge in [-0.1, -0.05) is 49.2 Å². The van der Waals surface area contributed by atoms with Crippen LogP contribution in [0.3, 0.4) is 0 Å². The third kappa shape index (κ3) is 3.72. The van der Waals surface area contributed by atoms with Gasteiger partial charge in [0.2, 0.25) is 0 Å². The number of fused-ring (bicyclic) bond motifs is 1. The Morgan fingerprint density at radius 1 is 1.16 bits per heavy atom. The largest absolute Gasteiger partial charge is 0.321 e. The maximum absolute atomic E-state index is 12.7. The zero-order chi connectivity index (χ0) is 17.8. The highest BCUT2D eigenvalue weighted by Crippen LogP contribution is 2.18. The van der Waals surface area contributed by atoms with Crippen molar-refractivity contribution in [1.29, 1.82) is 0 Å². The molecule has 0 atom stereocenters. The summed E-state index contributed by atoms with van der Waals surface area (Å²) < 4.78 is 1.37. The Balaban J connectivity index is 2.06. The van der Waals surface area contributed by atoms with Crippen molar-refractivity contribution in [3.05, 3.63) is 69.6 Å². The summed E-state index contributed by atoms with van der Waals surface area (Å²) in [7, 11) is 0. The predicted octanol–water partition coefficient (Wildman–Crippen LogP) is 4.10. The first-order valence-corrected chi connectivity index (χ1v) is 8.54. The second kappa shape index (κ2) is 7.49. The molecule has 0 saturated heterocycles. The summed E-state index contributed by atoms with van der Waals surface area (Å²) in [5, 5.41) is 8.67. The number of carbonyl (C=O) groups excluding carboxylic acids is 1. The molecule has 1 amide bonds. The van der Waals surface area contributed by atoms with Gasteiger partial charge in [-0.15, -0.1) is 0 Å². The Morgan fingerprint density at radius 2 is 1.92 bits per heavy atom. The van der Waals surface area contributed by atoms with Gasteiger partial charge in [-0.05, 0) is 30.7 Å². The fourth-order valence-electron chi connectivity index (χ4n) is 2.62. The number of nitrogens with one attached hydrogen (secondary N) is 1. The first-order valence-electron chi connectivity index (χ1n) is 8.17. The molecule has 128 valence electrons. The molecule has 0 aliphatic carbocycles. The number of aryl methyl sites for hydroxylation is 1. The summed E-state index contributed by atoms with van der Waals surface area (Å²) in [5.41, 5.74) is 0.629. The first-order chi connectivity index (χ1) is 12.1. The van der Waals surface area contributed by atoms with Crippen molar-refractivity contribution >= 4 is 34.0 Å². The minimum Gasteiger partial charge on any atom is -0.321 e. The van der Waals surface area contributed by atoms with Gasteiger partial charge in [0.1, 0.15) is 0 Å². The summed E-state index contributed by atoms with van der Waals surface area (Å²) in [4.78, 5) is 25.3. The van der Waals surface area contributed by atoms with Gasteiger partial charge >= 0.3 is 0 Å². The summed E-state index contributed by atoms with van der Waals surface area (Å²) in [6.45, 7) is 2.52. The number of rotatable bonds is 5. The van der Waals surface area contributed by atoms with E-state index in [0.717, 1.165) is 12.8 Å². The molecule has 0 aliphatic heterocycles. The van der Waals surface area contributed by atoms with Gasteiger partial charge in [0, 0.05) is 22.6 Å². The number of hydrogen-bond acceptors (Lipinski definition) is 3. The molecule has 1 aromatic heterocycles. The van der Waals surface area contributed by atoms with Crippen LogP contribution in [0, 0.1) is 0 Å². The average molecular weight is 356 g/mol. The SMILES string of the molecule is CCCCn1nc(C(=O)Nc2cccc(Cl)c2)c2ccccc2c1=O. The molecular formula is C19H18ClN3O2. The molecule has 6 heteroatoms. The van der Waals surface area contributed by atoms with E-state index in [1.165, 1.54) is 4.68 Å². The molecule has 3 aromatic rings. The van der Waals surface area contributed by atoms with Crippen molar-refractivity contribution in [2.45, 2.75) is 26.3 Å². The van der Waals surface area contributed by atoms with Crippen LogP contribution in [0.15, 0.2) is 53.3 Å². The Bertz CT molecular complexity index is 982. The van der Waals surface area contributed by atoms with Crippen molar-refractivity contribution in [2.24, 2.45) is 0 Å². The number of nitrogens with zero attached hydrogens (tertiary/aromatic N) is 2. The molecule has 0 aliphatic rings. The molecule has 0 bridgehead atoms. The van der Waals surface area contributed by atoms with E-state index in [1.54, 1.807) is 48.5 Å². The number of carbonyl (C=O) groups is 1. The van der Waals surface area contributed by atoms with Crippen molar-refractivity contribution in [3.8, 4) is 0 Å². The maximum atomic E-state index is 12.7. The highest BCUT2D eigenvalue weighted by atomic mass is 35.5. The number of halogens is 1. The van der Waals surface area contributed by atoms with E-state index < -0.39 is 0 Å². The highest BCUT2D eigenvalue weighted by Gasteiger charge is 2.16. The highest BCUT2D eigenvalue weighted by molar-refractivity contribution is 6.31. The maximum Gasteiger partial charge on any atom is 0.276 e. The zero-order valence-electron chi connectivity index (χ0n) is 13.8.